The molecule has 1 atom stereocenters. The molecule has 0 aliphatic rings. The Bertz CT molecular complexity index is 689. The summed E-state index contributed by atoms with van der Waals surface area (Å²) in [6.07, 6.45) is 2.85. The number of nitrogens with one attached hydrogen (secondary N) is 1. The van der Waals surface area contributed by atoms with Crippen molar-refractivity contribution in [2.75, 3.05) is 26.9 Å². The zero-order valence-corrected chi connectivity index (χ0v) is 16.4. The number of guanidine groups is 1. The highest BCUT2D eigenvalue weighted by atomic mass is 16.5. The summed E-state index contributed by atoms with van der Waals surface area (Å²) in [7, 11) is 1.67. The molecule has 0 aliphatic carbocycles. The van der Waals surface area contributed by atoms with Crippen LogP contribution in [-0.4, -0.2) is 38.9 Å². The quantitative estimate of drug-likeness (QED) is 0.363. The summed E-state index contributed by atoms with van der Waals surface area (Å²) in [5.41, 5.74) is 8.42. The van der Waals surface area contributed by atoms with Crippen LogP contribution in [0.25, 0.3) is 0 Å². The van der Waals surface area contributed by atoms with Gasteiger partial charge in [-0.25, -0.2) is 0 Å². The molecule has 2 rings (SSSR count). The Kier molecular flexibility index (Phi) is 9.21. The summed E-state index contributed by atoms with van der Waals surface area (Å²) >= 11 is 0. The second-order valence-corrected chi connectivity index (χ2v) is 6.60. The molecule has 0 aliphatic heterocycles. The average Bonchev–Trinajstić information content (AvgIpc) is 2.66. The molecule has 27 heavy (non-hydrogen) atoms. The third-order valence-electron chi connectivity index (χ3n) is 4.11. The van der Waals surface area contributed by atoms with Crippen molar-refractivity contribution in [3.05, 3.63) is 65.7 Å². The van der Waals surface area contributed by atoms with Crippen molar-refractivity contribution in [3.63, 3.8) is 0 Å². The van der Waals surface area contributed by atoms with Crippen molar-refractivity contribution in [2.45, 2.75) is 32.2 Å². The van der Waals surface area contributed by atoms with E-state index in [1.54, 1.807) is 7.11 Å². The first-order valence-corrected chi connectivity index (χ1v) is 9.48. The Morgan fingerprint density at radius 1 is 1.07 bits per heavy atom. The van der Waals surface area contributed by atoms with Gasteiger partial charge in [0.25, 0.3) is 0 Å². The minimum Gasteiger partial charge on any atom is -0.494 e. The van der Waals surface area contributed by atoms with Crippen molar-refractivity contribution >= 4 is 5.96 Å². The smallest absolute Gasteiger partial charge is 0.188 e. The summed E-state index contributed by atoms with van der Waals surface area (Å²) in [4.78, 5) is 4.37. The first kappa shape index (κ1) is 20.8. The van der Waals surface area contributed by atoms with Gasteiger partial charge in [0.05, 0.1) is 13.2 Å². The fourth-order valence-corrected chi connectivity index (χ4v) is 2.80. The fraction of sp³-hybridized carbons (Fsp3) is 0.409. The van der Waals surface area contributed by atoms with E-state index < -0.39 is 0 Å². The number of aryl methyl sites for hydroxylation is 1. The minimum absolute atomic E-state index is 0.145. The standard InChI is InChI=1S/C22H31N3O2/c1-18(17-26-2)25-22(23)24-14-13-20-10-6-12-21(16-20)27-15-7-11-19-8-4-3-5-9-19/h3-6,8-10,12,16,18H,7,11,13-15,17H2,1-2H3,(H3,23,24,25). The summed E-state index contributed by atoms with van der Waals surface area (Å²) in [5, 5.41) is 3.10. The number of methoxy groups -OCH3 is 1. The number of hydrogen-bond donors (Lipinski definition) is 2. The lowest BCUT2D eigenvalue weighted by Crippen LogP contribution is -2.40. The van der Waals surface area contributed by atoms with E-state index in [9.17, 15) is 0 Å². The number of nitrogens with two attached hydrogens (primary N) is 1. The summed E-state index contributed by atoms with van der Waals surface area (Å²) in [6, 6.07) is 18.8. The van der Waals surface area contributed by atoms with Gasteiger partial charge >= 0.3 is 0 Å². The monoisotopic (exact) mass is 369 g/mol. The molecule has 0 saturated heterocycles. The van der Waals surface area contributed by atoms with Gasteiger partial charge in [0, 0.05) is 19.7 Å². The largest absolute Gasteiger partial charge is 0.494 e. The molecule has 0 heterocycles. The third kappa shape index (κ3) is 8.60. The van der Waals surface area contributed by atoms with E-state index in [0.717, 1.165) is 25.0 Å². The second-order valence-electron chi connectivity index (χ2n) is 6.60. The predicted molar refractivity (Wildman–Crippen MR) is 111 cm³/mol. The van der Waals surface area contributed by atoms with Gasteiger partial charge < -0.3 is 20.5 Å². The third-order valence-corrected chi connectivity index (χ3v) is 4.11. The van der Waals surface area contributed by atoms with Crippen molar-refractivity contribution in [1.82, 2.24) is 5.32 Å². The lowest BCUT2D eigenvalue weighted by molar-refractivity contribution is 0.179. The zero-order valence-electron chi connectivity index (χ0n) is 16.4. The second kappa shape index (κ2) is 12.0. The lowest BCUT2D eigenvalue weighted by atomic mass is 10.1. The van der Waals surface area contributed by atoms with Gasteiger partial charge in [-0.15, -0.1) is 0 Å². The van der Waals surface area contributed by atoms with Gasteiger partial charge in [0.2, 0.25) is 0 Å². The first-order chi connectivity index (χ1) is 13.2. The molecule has 0 aromatic heterocycles. The molecule has 0 spiro atoms. The lowest BCUT2D eigenvalue weighted by Gasteiger charge is -2.13. The molecule has 0 saturated carbocycles. The van der Waals surface area contributed by atoms with Gasteiger partial charge in [-0.1, -0.05) is 42.5 Å². The van der Waals surface area contributed by atoms with Gasteiger partial charge in [-0.2, -0.15) is 0 Å². The number of nitrogens with zero attached hydrogens (tertiary/aromatic N) is 1. The number of hydrogen-bond acceptors (Lipinski definition) is 3. The van der Waals surface area contributed by atoms with Gasteiger partial charge in [0.1, 0.15) is 5.75 Å². The molecule has 2 aromatic carbocycles. The first-order valence-electron chi connectivity index (χ1n) is 9.48. The normalized spacial score (nSPS) is 12.6. The highest BCUT2D eigenvalue weighted by Crippen LogP contribution is 2.14. The van der Waals surface area contributed by atoms with E-state index in [0.29, 0.717) is 25.7 Å². The van der Waals surface area contributed by atoms with Crippen LogP contribution in [-0.2, 0) is 17.6 Å². The van der Waals surface area contributed by atoms with E-state index in [-0.39, 0.29) is 6.04 Å². The molecule has 3 N–H and O–H groups in total. The molecular weight excluding hydrogens is 338 g/mol. The number of benzene rings is 2. The van der Waals surface area contributed by atoms with Gasteiger partial charge in [-0.3, -0.25) is 4.99 Å². The van der Waals surface area contributed by atoms with Crippen LogP contribution in [0.2, 0.25) is 0 Å². The Morgan fingerprint density at radius 2 is 1.85 bits per heavy atom. The van der Waals surface area contributed by atoms with Crippen molar-refractivity contribution in [3.8, 4) is 5.75 Å². The van der Waals surface area contributed by atoms with Crippen molar-refractivity contribution in [2.24, 2.45) is 10.7 Å². The maximum atomic E-state index is 5.89. The van der Waals surface area contributed by atoms with Gasteiger partial charge in [-0.05, 0) is 49.4 Å². The van der Waals surface area contributed by atoms with Crippen molar-refractivity contribution < 1.29 is 9.47 Å². The molecule has 2 aromatic rings. The van der Waals surface area contributed by atoms with Crippen LogP contribution in [0.5, 0.6) is 5.75 Å². The van der Waals surface area contributed by atoms with Crippen LogP contribution in [0.4, 0.5) is 0 Å². The molecule has 146 valence electrons. The van der Waals surface area contributed by atoms with E-state index in [1.807, 2.05) is 25.1 Å². The SMILES string of the molecule is COCC(C)NC(N)=NCCc1cccc(OCCCc2ccccc2)c1. The topological polar surface area (TPSA) is 68.9 Å². The van der Waals surface area contributed by atoms with E-state index in [2.05, 4.69) is 46.7 Å². The molecule has 0 amide bonds. The highest BCUT2D eigenvalue weighted by Gasteiger charge is 2.02. The molecule has 0 fully saturated rings. The van der Waals surface area contributed by atoms with E-state index >= 15 is 0 Å². The van der Waals surface area contributed by atoms with Crippen LogP contribution in [0, 0.1) is 0 Å². The summed E-state index contributed by atoms with van der Waals surface area (Å²) in [5.74, 6) is 1.36. The Morgan fingerprint density at radius 3 is 2.63 bits per heavy atom. The Labute approximate surface area is 162 Å². The predicted octanol–water partition coefficient (Wildman–Crippen LogP) is 3.18. The Balaban J connectivity index is 1.71. The van der Waals surface area contributed by atoms with E-state index in [1.165, 1.54) is 11.1 Å². The molecular formula is C22H31N3O2. The maximum Gasteiger partial charge on any atom is 0.188 e. The van der Waals surface area contributed by atoms with Crippen LogP contribution in [0.15, 0.2) is 59.6 Å². The number of rotatable bonds is 11. The highest BCUT2D eigenvalue weighted by molar-refractivity contribution is 5.78. The molecule has 0 bridgehead atoms. The van der Waals surface area contributed by atoms with Gasteiger partial charge in [0.15, 0.2) is 5.96 Å². The van der Waals surface area contributed by atoms with Crippen LogP contribution < -0.4 is 15.8 Å². The summed E-state index contributed by atoms with van der Waals surface area (Å²) < 4.78 is 11.0. The fourth-order valence-electron chi connectivity index (χ4n) is 2.80. The number of ether oxygens (including phenoxy) is 2. The van der Waals surface area contributed by atoms with Crippen LogP contribution in [0.1, 0.15) is 24.5 Å². The maximum absolute atomic E-state index is 5.89. The molecule has 1 unspecified atom stereocenters. The van der Waals surface area contributed by atoms with Crippen LogP contribution in [0.3, 0.4) is 0 Å². The molecule has 0 radical (unpaired) electrons. The Hall–Kier alpha value is -2.53. The van der Waals surface area contributed by atoms with Crippen molar-refractivity contribution in [1.29, 1.82) is 0 Å². The zero-order chi connectivity index (χ0) is 19.3. The minimum atomic E-state index is 0.145. The van der Waals surface area contributed by atoms with E-state index in [4.69, 9.17) is 15.2 Å². The molecule has 5 nitrogen and oxygen atoms in total. The average molecular weight is 370 g/mol. The summed E-state index contributed by atoms with van der Waals surface area (Å²) in [6.45, 7) is 3.95. The number of aliphatic imine (C=N–C) groups is 1. The van der Waals surface area contributed by atoms with Crippen LogP contribution >= 0.6 is 0 Å². The molecule has 5 heteroatoms.